The first-order valence-electron chi connectivity index (χ1n) is 11.1. The van der Waals surface area contributed by atoms with E-state index in [1.807, 2.05) is 10.8 Å². The monoisotopic (exact) mass is 464 g/mol. The van der Waals surface area contributed by atoms with Gasteiger partial charge in [0.1, 0.15) is 0 Å². The van der Waals surface area contributed by atoms with Crippen molar-refractivity contribution in [3.05, 3.63) is 10.8 Å². The zero-order valence-corrected chi connectivity index (χ0v) is 22.3. The van der Waals surface area contributed by atoms with Crippen molar-refractivity contribution < 1.29 is 9.13 Å². The Morgan fingerprint density at radius 1 is 0.552 bits per heavy atom. The van der Waals surface area contributed by atoms with E-state index in [9.17, 15) is 9.13 Å². The molecule has 0 bridgehead atoms. The van der Waals surface area contributed by atoms with Crippen LogP contribution in [-0.4, -0.2) is 71.0 Å². The minimum atomic E-state index is -3.05. The van der Waals surface area contributed by atoms with Crippen LogP contribution in [0.1, 0.15) is 55.4 Å². The second-order valence-electron chi connectivity index (χ2n) is 6.79. The lowest BCUT2D eigenvalue weighted by atomic mass is 10.6. The number of rotatable bonds is 14. The fourth-order valence-corrected chi connectivity index (χ4v) is 12.8. The molecule has 0 saturated carbocycles. The largest absolute Gasteiger partial charge is 0.283 e. The summed E-state index contributed by atoms with van der Waals surface area (Å²) in [6.07, 6.45) is 0. The van der Waals surface area contributed by atoms with Gasteiger partial charge in [0, 0.05) is 63.1 Å². The van der Waals surface area contributed by atoms with Crippen LogP contribution in [0.5, 0.6) is 0 Å². The van der Waals surface area contributed by atoms with Crippen molar-refractivity contribution >= 4 is 36.8 Å². The SMILES string of the molecule is CCN(CC)P(=O)(c1cscc1P(=O)(N(CC)CC)N(CC)CC)N(CC)CC. The minimum absolute atomic E-state index is 0.695. The average molecular weight is 465 g/mol. The molecule has 9 heteroatoms. The summed E-state index contributed by atoms with van der Waals surface area (Å²) in [4.78, 5) is 0. The quantitative estimate of drug-likeness (QED) is 0.370. The fourth-order valence-electron chi connectivity index (χ4n) is 4.11. The van der Waals surface area contributed by atoms with Crippen LogP contribution in [0.4, 0.5) is 0 Å². The summed E-state index contributed by atoms with van der Waals surface area (Å²) in [7, 11) is -6.10. The van der Waals surface area contributed by atoms with Crippen molar-refractivity contribution in [1.29, 1.82) is 0 Å². The summed E-state index contributed by atoms with van der Waals surface area (Å²) in [5.74, 6) is 0. The Hall–Kier alpha value is -0.0000000000000000694. The zero-order valence-electron chi connectivity index (χ0n) is 19.7. The van der Waals surface area contributed by atoms with Gasteiger partial charge in [-0.2, -0.15) is 11.3 Å². The third-order valence-corrected chi connectivity index (χ3v) is 14.3. The van der Waals surface area contributed by atoms with Crippen molar-refractivity contribution in [2.45, 2.75) is 55.4 Å². The van der Waals surface area contributed by atoms with Crippen molar-refractivity contribution in [3.63, 3.8) is 0 Å². The first kappa shape index (κ1) is 27.0. The molecule has 0 amide bonds. The van der Waals surface area contributed by atoms with E-state index in [-0.39, 0.29) is 0 Å². The van der Waals surface area contributed by atoms with Crippen LogP contribution in [0.25, 0.3) is 0 Å². The van der Waals surface area contributed by atoms with Gasteiger partial charge in [0.15, 0.2) is 0 Å². The van der Waals surface area contributed by atoms with Gasteiger partial charge in [0.25, 0.3) is 0 Å². The summed E-state index contributed by atoms with van der Waals surface area (Å²) in [5, 5.41) is 5.53. The third kappa shape index (κ3) is 4.92. The molecule has 0 atom stereocenters. The van der Waals surface area contributed by atoms with Crippen LogP contribution in [-0.2, 0) is 9.13 Å². The Balaban J connectivity index is 3.87. The molecule has 0 aliphatic carbocycles. The summed E-state index contributed by atoms with van der Waals surface area (Å²) in [5.41, 5.74) is 0. The maximum absolute atomic E-state index is 14.8. The van der Waals surface area contributed by atoms with E-state index in [1.54, 1.807) is 0 Å². The highest BCUT2D eigenvalue weighted by Crippen LogP contribution is 2.57. The van der Waals surface area contributed by atoms with E-state index in [0.29, 0.717) is 52.4 Å². The van der Waals surface area contributed by atoms with Gasteiger partial charge in [-0.05, 0) is 0 Å². The first-order chi connectivity index (χ1) is 13.8. The lowest BCUT2D eigenvalue weighted by Crippen LogP contribution is -2.45. The van der Waals surface area contributed by atoms with Gasteiger partial charge in [-0.15, -0.1) is 0 Å². The predicted molar refractivity (Wildman–Crippen MR) is 130 cm³/mol. The lowest BCUT2D eigenvalue weighted by Gasteiger charge is -2.41. The molecule has 1 rings (SSSR count). The predicted octanol–water partition coefficient (Wildman–Crippen LogP) is 4.75. The summed E-state index contributed by atoms with van der Waals surface area (Å²) in [6.45, 7) is 22.0. The van der Waals surface area contributed by atoms with Crippen molar-refractivity contribution in [2.75, 3.05) is 52.4 Å². The summed E-state index contributed by atoms with van der Waals surface area (Å²) in [6, 6.07) is 0. The number of nitrogens with zero attached hydrogens (tertiary/aromatic N) is 4. The maximum atomic E-state index is 14.8. The molecule has 0 N–H and O–H groups in total. The lowest BCUT2D eigenvalue weighted by molar-refractivity contribution is 0.366. The molecule has 0 aliphatic rings. The van der Waals surface area contributed by atoms with Gasteiger partial charge < -0.3 is 0 Å². The Morgan fingerprint density at radius 3 is 0.931 bits per heavy atom. The molecule has 1 heterocycles. The molecule has 170 valence electrons. The van der Waals surface area contributed by atoms with Crippen LogP contribution >= 0.6 is 26.2 Å². The van der Waals surface area contributed by atoms with Gasteiger partial charge in [0.05, 0.1) is 10.6 Å². The van der Waals surface area contributed by atoms with Crippen LogP contribution < -0.4 is 10.6 Å². The molecule has 6 nitrogen and oxygen atoms in total. The molecule has 0 unspecified atom stereocenters. The van der Waals surface area contributed by atoms with Crippen LogP contribution in [0.2, 0.25) is 0 Å². The smallest absolute Gasteiger partial charge is 0.247 e. The van der Waals surface area contributed by atoms with E-state index in [1.165, 1.54) is 11.3 Å². The van der Waals surface area contributed by atoms with Crippen LogP contribution in [0.15, 0.2) is 10.8 Å². The molecule has 1 aromatic heterocycles. The van der Waals surface area contributed by atoms with E-state index < -0.39 is 14.9 Å². The number of hydrogen-bond donors (Lipinski definition) is 0. The standard InChI is InChI=1S/C20H42N4O2P2S/c1-9-21(10-2)27(25,22(11-3)12-4)19-17-29-18-20(19)28(26,23(13-5)14-6)24(15-7)16-8/h17-18H,9-16H2,1-8H3. The molecule has 0 aromatic carbocycles. The summed E-state index contributed by atoms with van der Waals surface area (Å²) < 4.78 is 37.8. The van der Waals surface area contributed by atoms with Crippen molar-refractivity contribution in [1.82, 2.24) is 18.7 Å². The highest BCUT2D eigenvalue weighted by atomic mass is 32.1. The van der Waals surface area contributed by atoms with Gasteiger partial charge in [-0.1, -0.05) is 55.4 Å². The van der Waals surface area contributed by atoms with E-state index in [0.717, 1.165) is 10.6 Å². The summed E-state index contributed by atoms with van der Waals surface area (Å²) >= 11 is 1.52. The van der Waals surface area contributed by atoms with Crippen LogP contribution in [0, 0.1) is 0 Å². The molecule has 0 radical (unpaired) electrons. The second kappa shape index (κ2) is 12.1. The Bertz CT molecular complexity index is 608. The molecule has 29 heavy (non-hydrogen) atoms. The number of hydrogen-bond acceptors (Lipinski definition) is 3. The molecular weight excluding hydrogens is 422 g/mol. The zero-order chi connectivity index (χ0) is 22.2. The first-order valence-corrected chi connectivity index (χ1v) is 15.3. The van der Waals surface area contributed by atoms with Crippen molar-refractivity contribution in [2.24, 2.45) is 0 Å². The molecule has 0 aliphatic heterocycles. The fraction of sp³-hybridized carbons (Fsp3) is 0.800. The van der Waals surface area contributed by atoms with Crippen molar-refractivity contribution in [3.8, 4) is 0 Å². The molecule has 0 saturated heterocycles. The second-order valence-corrected chi connectivity index (χ2v) is 12.9. The molecule has 0 spiro atoms. The van der Waals surface area contributed by atoms with Crippen LogP contribution in [0.3, 0.4) is 0 Å². The van der Waals surface area contributed by atoms with E-state index in [4.69, 9.17) is 0 Å². The van der Waals surface area contributed by atoms with Gasteiger partial charge >= 0.3 is 0 Å². The molecule has 1 aromatic rings. The topological polar surface area (TPSA) is 47.1 Å². The average Bonchev–Trinajstić information content (AvgIpc) is 3.22. The minimum Gasteiger partial charge on any atom is -0.283 e. The highest BCUT2D eigenvalue weighted by molar-refractivity contribution is 7.74. The number of thiophene rings is 1. The van der Waals surface area contributed by atoms with Gasteiger partial charge in [-0.3, -0.25) is 9.13 Å². The maximum Gasteiger partial charge on any atom is 0.247 e. The molecular formula is C20H42N4O2P2S. The van der Waals surface area contributed by atoms with Gasteiger partial charge in [0.2, 0.25) is 14.9 Å². The Morgan fingerprint density at radius 2 is 0.759 bits per heavy atom. The third-order valence-electron chi connectivity index (χ3n) is 5.70. The Kier molecular flexibility index (Phi) is 11.3. The van der Waals surface area contributed by atoms with Gasteiger partial charge in [-0.25, -0.2) is 18.7 Å². The highest BCUT2D eigenvalue weighted by Gasteiger charge is 2.45. The van der Waals surface area contributed by atoms with E-state index >= 15 is 0 Å². The normalized spacial score (nSPS) is 13.4. The van der Waals surface area contributed by atoms with E-state index in [2.05, 4.69) is 74.1 Å². The Labute approximate surface area is 183 Å². The molecule has 0 fully saturated rings.